The second kappa shape index (κ2) is 4.54. The minimum Gasteiger partial charge on any atom is -0.402 e. The first-order valence-corrected chi connectivity index (χ1v) is 4.81. The van der Waals surface area contributed by atoms with Crippen LogP contribution in [0.3, 0.4) is 0 Å². The van der Waals surface area contributed by atoms with Crippen molar-refractivity contribution in [3.05, 3.63) is 21.4 Å². The van der Waals surface area contributed by atoms with Crippen LogP contribution in [0.25, 0.3) is 0 Å². The molecule has 0 radical (unpaired) electrons. The molecular weight excluding hydrogens is 300 g/mol. The van der Waals surface area contributed by atoms with E-state index in [1.165, 1.54) is 0 Å². The van der Waals surface area contributed by atoms with E-state index >= 15 is 0 Å². The number of ether oxygens (including phenoxy) is 1. The van der Waals surface area contributed by atoms with E-state index in [2.05, 4.69) is 25.7 Å². The van der Waals surface area contributed by atoms with E-state index in [0.717, 1.165) is 6.07 Å². The summed E-state index contributed by atoms with van der Waals surface area (Å²) in [5, 5.41) is -0.379. The Morgan fingerprint density at radius 1 is 1.53 bits per heavy atom. The van der Waals surface area contributed by atoms with Gasteiger partial charge in [-0.1, -0.05) is 11.6 Å². The van der Waals surface area contributed by atoms with Crippen molar-refractivity contribution in [2.75, 3.05) is 0 Å². The molecule has 0 aliphatic heterocycles. The normalized spacial score (nSPS) is 11.6. The van der Waals surface area contributed by atoms with E-state index in [9.17, 15) is 13.2 Å². The average molecular weight is 305 g/mol. The Labute approximate surface area is 96.5 Å². The summed E-state index contributed by atoms with van der Waals surface area (Å²) in [5.74, 6) is -0.562. The first kappa shape index (κ1) is 12.5. The zero-order valence-corrected chi connectivity index (χ0v) is 9.45. The van der Waals surface area contributed by atoms with Crippen molar-refractivity contribution >= 4 is 27.5 Å². The monoisotopic (exact) mass is 304 g/mol. The minimum absolute atomic E-state index is 0.0621. The molecule has 0 unspecified atom stereocenters. The Morgan fingerprint density at radius 2 is 2.13 bits per heavy atom. The fourth-order valence-corrected chi connectivity index (χ4v) is 1.48. The van der Waals surface area contributed by atoms with Gasteiger partial charge >= 0.3 is 6.36 Å². The maximum Gasteiger partial charge on any atom is 0.573 e. The molecule has 0 aromatic carbocycles. The molecule has 1 aromatic rings. The molecule has 0 aliphatic rings. The van der Waals surface area contributed by atoms with Crippen molar-refractivity contribution < 1.29 is 17.9 Å². The molecule has 15 heavy (non-hydrogen) atoms. The van der Waals surface area contributed by atoms with Gasteiger partial charge in [-0.3, -0.25) is 0 Å². The van der Waals surface area contributed by atoms with Crippen molar-refractivity contribution in [2.45, 2.75) is 12.9 Å². The zero-order chi connectivity index (χ0) is 11.6. The lowest BCUT2D eigenvalue weighted by atomic mass is 10.3. The van der Waals surface area contributed by atoms with Gasteiger partial charge in [0.25, 0.3) is 0 Å². The van der Waals surface area contributed by atoms with Gasteiger partial charge in [-0.2, -0.15) is 0 Å². The minimum atomic E-state index is -4.80. The quantitative estimate of drug-likeness (QED) is 0.855. The van der Waals surface area contributed by atoms with Gasteiger partial charge in [0.05, 0.1) is 5.69 Å². The predicted octanol–water partition coefficient (Wildman–Crippen LogP) is 2.85. The summed E-state index contributed by atoms with van der Waals surface area (Å²) in [6, 6.07) is 1.07. The number of hydrogen-bond donors (Lipinski definition) is 1. The van der Waals surface area contributed by atoms with Crippen LogP contribution in [0.4, 0.5) is 13.2 Å². The first-order valence-electron chi connectivity index (χ1n) is 3.64. The number of alkyl halides is 3. The largest absolute Gasteiger partial charge is 0.573 e. The number of nitrogens with two attached hydrogens (primary N) is 1. The SMILES string of the molecule is NCc1nc(Cl)c(OC(F)(F)F)cc1Br. The molecule has 0 saturated heterocycles. The molecule has 2 N–H and O–H groups in total. The Kier molecular flexibility index (Phi) is 3.80. The lowest BCUT2D eigenvalue weighted by molar-refractivity contribution is -0.274. The number of pyridine rings is 1. The third-order valence-corrected chi connectivity index (χ3v) is 2.35. The third-order valence-electron chi connectivity index (χ3n) is 1.39. The van der Waals surface area contributed by atoms with Crippen molar-refractivity contribution in [2.24, 2.45) is 5.73 Å². The van der Waals surface area contributed by atoms with Gasteiger partial charge in [0.15, 0.2) is 10.9 Å². The number of hydrogen-bond acceptors (Lipinski definition) is 3. The molecule has 1 rings (SSSR count). The average Bonchev–Trinajstić information content (AvgIpc) is 2.08. The number of nitrogens with zero attached hydrogens (tertiary/aromatic N) is 1. The smallest absolute Gasteiger partial charge is 0.402 e. The van der Waals surface area contributed by atoms with E-state index in [0.29, 0.717) is 10.2 Å². The molecule has 0 bridgehead atoms. The van der Waals surface area contributed by atoms with Gasteiger partial charge in [0, 0.05) is 11.0 Å². The first-order chi connectivity index (χ1) is 6.83. The Balaban J connectivity index is 3.05. The molecule has 0 aliphatic carbocycles. The van der Waals surface area contributed by atoms with Gasteiger partial charge in [-0.25, -0.2) is 4.98 Å². The van der Waals surface area contributed by atoms with Crippen molar-refractivity contribution in [1.82, 2.24) is 4.98 Å². The lowest BCUT2D eigenvalue weighted by Crippen LogP contribution is -2.18. The summed E-state index contributed by atoms with van der Waals surface area (Å²) in [6.45, 7) is 0.0621. The molecule has 0 atom stereocenters. The van der Waals surface area contributed by atoms with Crippen LogP contribution >= 0.6 is 27.5 Å². The molecule has 3 nitrogen and oxygen atoms in total. The van der Waals surface area contributed by atoms with Crippen LogP contribution in [0.1, 0.15) is 5.69 Å². The van der Waals surface area contributed by atoms with Crippen molar-refractivity contribution in [3.63, 3.8) is 0 Å². The van der Waals surface area contributed by atoms with E-state index in [1.54, 1.807) is 0 Å². The lowest BCUT2D eigenvalue weighted by Gasteiger charge is -2.11. The van der Waals surface area contributed by atoms with Crippen LogP contribution < -0.4 is 10.5 Å². The van der Waals surface area contributed by atoms with Gasteiger partial charge < -0.3 is 10.5 Å². The number of aromatic nitrogens is 1. The molecule has 0 saturated carbocycles. The summed E-state index contributed by atoms with van der Waals surface area (Å²) in [5.41, 5.74) is 5.64. The van der Waals surface area contributed by atoms with Crippen molar-refractivity contribution in [3.8, 4) is 5.75 Å². The van der Waals surface area contributed by atoms with Gasteiger partial charge in [0.1, 0.15) is 0 Å². The predicted molar refractivity (Wildman–Crippen MR) is 51.5 cm³/mol. The maximum atomic E-state index is 11.9. The highest BCUT2D eigenvalue weighted by molar-refractivity contribution is 9.10. The standard InChI is InChI=1S/C7H5BrClF3N2O/c8-3-1-5(15-7(10,11)12)6(9)14-4(3)2-13/h1H,2,13H2. The summed E-state index contributed by atoms with van der Waals surface area (Å²) in [6.07, 6.45) is -4.80. The fourth-order valence-electron chi connectivity index (χ4n) is 0.824. The number of rotatable bonds is 2. The number of halogens is 5. The molecule has 1 aromatic heterocycles. The van der Waals surface area contributed by atoms with Crippen LogP contribution in [-0.4, -0.2) is 11.3 Å². The second-order valence-corrected chi connectivity index (χ2v) is 3.67. The molecular formula is C7H5BrClF3N2O. The molecule has 0 fully saturated rings. The highest BCUT2D eigenvalue weighted by Crippen LogP contribution is 2.32. The molecule has 84 valence electrons. The Hall–Kier alpha value is -0.530. The highest BCUT2D eigenvalue weighted by atomic mass is 79.9. The fraction of sp³-hybridized carbons (Fsp3) is 0.286. The van der Waals surface area contributed by atoms with Crippen molar-refractivity contribution in [1.29, 1.82) is 0 Å². The van der Waals surface area contributed by atoms with Crippen LogP contribution in [0.2, 0.25) is 5.15 Å². The molecule has 1 heterocycles. The summed E-state index contributed by atoms with van der Waals surface area (Å²) < 4.78 is 39.6. The van der Waals surface area contributed by atoms with Gasteiger partial charge in [0.2, 0.25) is 0 Å². The third kappa shape index (κ3) is 3.51. The second-order valence-electron chi connectivity index (χ2n) is 2.46. The van der Waals surface area contributed by atoms with Gasteiger partial charge in [-0.15, -0.1) is 13.2 Å². The van der Waals surface area contributed by atoms with Gasteiger partial charge in [-0.05, 0) is 22.0 Å². The zero-order valence-electron chi connectivity index (χ0n) is 7.11. The summed E-state index contributed by atoms with van der Waals surface area (Å²) >= 11 is 8.47. The van der Waals surface area contributed by atoms with E-state index in [4.69, 9.17) is 17.3 Å². The van der Waals surface area contributed by atoms with E-state index in [-0.39, 0.29) is 11.7 Å². The molecule has 8 heteroatoms. The summed E-state index contributed by atoms with van der Waals surface area (Å²) in [4.78, 5) is 3.64. The van der Waals surface area contributed by atoms with Crippen LogP contribution in [0, 0.1) is 0 Å². The van der Waals surface area contributed by atoms with E-state index < -0.39 is 12.1 Å². The van der Waals surface area contributed by atoms with Crippen LogP contribution in [0.5, 0.6) is 5.75 Å². The highest BCUT2D eigenvalue weighted by Gasteiger charge is 2.32. The maximum absolute atomic E-state index is 11.9. The summed E-state index contributed by atoms with van der Waals surface area (Å²) in [7, 11) is 0. The molecule has 0 spiro atoms. The van der Waals surface area contributed by atoms with E-state index in [1.807, 2.05) is 0 Å². The topological polar surface area (TPSA) is 48.1 Å². The Morgan fingerprint density at radius 3 is 2.60 bits per heavy atom. The van der Waals surface area contributed by atoms with Crippen LogP contribution in [-0.2, 0) is 6.54 Å². The van der Waals surface area contributed by atoms with Crippen LogP contribution in [0.15, 0.2) is 10.5 Å². The molecule has 0 amide bonds. The Bertz CT molecular complexity index is 372.